The van der Waals surface area contributed by atoms with Crippen molar-refractivity contribution in [2.45, 2.75) is 37.1 Å². The Bertz CT molecular complexity index is 991. The third-order valence-electron chi connectivity index (χ3n) is 4.79. The first-order chi connectivity index (χ1) is 13.8. The van der Waals surface area contributed by atoms with Gasteiger partial charge in [-0.2, -0.15) is 4.31 Å². The van der Waals surface area contributed by atoms with Crippen LogP contribution in [0.1, 0.15) is 35.2 Å². The Morgan fingerprint density at radius 1 is 1.00 bits per heavy atom. The lowest BCUT2D eigenvalue weighted by molar-refractivity contribution is -0.126. The number of carbonyl (C=O) groups excluding carboxylic acids is 2. The highest BCUT2D eigenvalue weighted by atomic mass is 35.5. The van der Waals surface area contributed by atoms with E-state index >= 15 is 0 Å². The fraction of sp³-hybridized carbons (Fsp3) is 0.300. The topological polar surface area (TPSA) is 95.6 Å². The molecule has 29 heavy (non-hydrogen) atoms. The molecule has 9 heteroatoms. The molecular formula is C20H22ClN3O4S. The number of hydrazine groups is 1. The maximum absolute atomic E-state index is 13.1. The lowest BCUT2D eigenvalue weighted by atomic mass is 10.0. The zero-order valence-corrected chi connectivity index (χ0v) is 17.5. The van der Waals surface area contributed by atoms with Gasteiger partial charge in [-0.3, -0.25) is 20.4 Å². The van der Waals surface area contributed by atoms with E-state index in [2.05, 4.69) is 10.9 Å². The van der Waals surface area contributed by atoms with Crippen LogP contribution in [0.3, 0.4) is 0 Å². The van der Waals surface area contributed by atoms with Gasteiger partial charge in [0.05, 0.1) is 4.90 Å². The van der Waals surface area contributed by atoms with Crippen molar-refractivity contribution >= 4 is 33.4 Å². The predicted octanol–water partition coefficient (Wildman–Crippen LogP) is 2.65. The molecule has 7 nitrogen and oxygen atoms in total. The minimum atomic E-state index is -3.82. The Hall–Kier alpha value is -2.42. The quantitative estimate of drug-likeness (QED) is 0.721. The molecule has 0 saturated carbocycles. The number of carbonyl (C=O) groups is 2. The van der Waals surface area contributed by atoms with Crippen molar-refractivity contribution in [1.82, 2.24) is 15.2 Å². The highest BCUT2D eigenvalue weighted by molar-refractivity contribution is 7.89. The third-order valence-corrected chi connectivity index (χ3v) is 6.96. The van der Waals surface area contributed by atoms with Gasteiger partial charge in [0, 0.05) is 17.1 Å². The van der Waals surface area contributed by atoms with Gasteiger partial charge in [-0.05, 0) is 56.2 Å². The summed E-state index contributed by atoms with van der Waals surface area (Å²) in [5.74, 6) is -1.08. The minimum absolute atomic E-state index is 0.146. The van der Waals surface area contributed by atoms with Crippen LogP contribution in [0.15, 0.2) is 53.4 Å². The maximum atomic E-state index is 13.1. The molecule has 1 saturated heterocycles. The number of benzene rings is 2. The van der Waals surface area contributed by atoms with Crippen LogP contribution in [-0.2, 0) is 14.8 Å². The van der Waals surface area contributed by atoms with Crippen LogP contribution in [0.5, 0.6) is 0 Å². The van der Waals surface area contributed by atoms with Crippen LogP contribution < -0.4 is 10.9 Å². The van der Waals surface area contributed by atoms with Crippen molar-refractivity contribution in [3.05, 3.63) is 64.7 Å². The lowest BCUT2D eigenvalue weighted by Gasteiger charge is -2.33. The predicted molar refractivity (Wildman–Crippen MR) is 110 cm³/mol. The summed E-state index contributed by atoms with van der Waals surface area (Å²) < 4.78 is 27.3. The zero-order valence-electron chi connectivity index (χ0n) is 15.9. The number of hydrogen-bond donors (Lipinski definition) is 2. The number of hydrogen-bond acceptors (Lipinski definition) is 4. The Balaban J connectivity index is 1.71. The van der Waals surface area contributed by atoms with Gasteiger partial charge in [-0.1, -0.05) is 35.7 Å². The van der Waals surface area contributed by atoms with Gasteiger partial charge >= 0.3 is 0 Å². The molecule has 0 radical (unpaired) electrons. The van der Waals surface area contributed by atoms with Crippen LogP contribution in [0, 0.1) is 6.92 Å². The van der Waals surface area contributed by atoms with Crippen molar-refractivity contribution in [2.75, 3.05) is 6.54 Å². The molecule has 1 fully saturated rings. The molecule has 1 heterocycles. The summed E-state index contributed by atoms with van der Waals surface area (Å²) in [6, 6.07) is 11.8. The highest BCUT2D eigenvalue weighted by Crippen LogP contribution is 2.25. The summed E-state index contributed by atoms with van der Waals surface area (Å²) in [6.45, 7) is 2.12. The number of aryl methyl sites for hydroxylation is 1. The zero-order chi connectivity index (χ0) is 21.0. The van der Waals surface area contributed by atoms with Crippen LogP contribution in [-0.4, -0.2) is 37.1 Å². The van der Waals surface area contributed by atoms with Gasteiger partial charge < -0.3 is 0 Å². The molecule has 2 amide bonds. The molecule has 1 aliphatic rings. The van der Waals surface area contributed by atoms with Crippen LogP contribution >= 0.6 is 11.6 Å². The molecule has 0 unspecified atom stereocenters. The summed E-state index contributed by atoms with van der Waals surface area (Å²) in [4.78, 5) is 25.0. The fourth-order valence-electron chi connectivity index (χ4n) is 3.18. The normalized spacial score (nSPS) is 17.5. The molecule has 2 aromatic rings. The second-order valence-corrected chi connectivity index (χ2v) is 9.22. The van der Waals surface area contributed by atoms with E-state index < -0.39 is 27.9 Å². The van der Waals surface area contributed by atoms with Crippen molar-refractivity contribution in [3.8, 4) is 0 Å². The van der Waals surface area contributed by atoms with Crippen molar-refractivity contribution < 1.29 is 18.0 Å². The van der Waals surface area contributed by atoms with Gasteiger partial charge in [0.2, 0.25) is 10.0 Å². The molecule has 3 rings (SSSR count). The molecular weight excluding hydrogens is 414 g/mol. The molecule has 1 atom stereocenters. The number of piperidine rings is 1. The first-order valence-electron chi connectivity index (χ1n) is 9.23. The second kappa shape index (κ2) is 8.94. The molecule has 154 valence electrons. The number of amides is 2. The van der Waals surface area contributed by atoms with Gasteiger partial charge in [0.1, 0.15) is 6.04 Å². The number of sulfonamides is 1. The van der Waals surface area contributed by atoms with E-state index in [4.69, 9.17) is 11.6 Å². The van der Waals surface area contributed by atoms with Crippen LogP contribution in [0.25, 0.3) is 0 Å². The highest BCUT2D eigenvalue weighted by Gasteiger charge is 2.37. The number of nitrogens with zero attached hydrogens (tertiary/aromatic N) is 1. The summed E-state index contributed by atoms with van der Waals surface area (Å²) in [5.41, 5.74) is 5.95. The molecule has 2 N–H and O–H groups in total. The second-order valence-electron chi connectivity index (χ2n) is 6.89. The van der Waals surface area contributed by atoms with Crippen LogP contribution in [0.4, 0.5) is 0 Å². The Kier molecular flexibility index (Phi) is 6.56. The van der Waals surface area contributed by atoms with Gasteiger partial charge in [-0.25, -0.2) is 8.42 Å². The SMILES string of the molecule is Cc1ccc(S(=O)(=O)N2CCCC[C@@H]2C(=O)NNC(=O)c2ccc(Cl)cc2)cc1. The molecule has 2 aromatic carbocycles. The summed E-state index contributed by atoms with van der Waals surface area (Å²) in [5, 5.41) is 0.491. The largest absolute Gasteiger partial charge is 0.271 e. The van der Waals surface area contributed by atoms with E-state index in [1.165, 1.54) is 28.6 Å². The lowest BCUT2D eigenvalue weighted by Crippen LogP contribution is -2.55. The Labute approximate surface area is 175 Å². The molecule has 0 aliphatic carbocycles. The van der Waals surface area contributed by atoms with Crippen molar-refractivity contribution in [3.63, 3.8) is 0 Å². The summed E-state index contributed by atoms with van der Waals surface area (Å²) in [6.07, 6.45) is 1.78. The standard InChI is InChI=1S/C20H22ClN3O4S/c1-14-5-11-17(12-6-14)29(27,28)24-13-3-2-4-18(24)20(26)23-22-19(25)15-7-9-16(21)10-8-15/h5-12,18H,2-4,13H2,1H3,(H,22,25)(H,23,26)/t18-/m1/s1. The number of rotatable bonds is 4. The minimum Gasteiger partial charge on any atom is -0.271 e. The molecule has 0 aromatic heterocycles. The van der Waals surface area contributed by atoms with E-state index in [1.54, 1.807) is 24.3 Å². The number of nitrogens with one attached hydrogen (secondary N) is 2. The summed E-state index contributed by atoms with van der Waals surface area (Å²) >= 11 is 5.80. The first kappa shape index (κ1) is 21.3. The maximum Gasteiger partial charge on any atom is 0.269 e. The van der Waals surface area contributed by atoms with Gasteiger partial charge in [-0.15, -0.1) is 0 Å². The summed E-state index contributed by atoms with van der Waals surface area (Å²) in [7, 11) is -3.82. The number of halogens is 1. The fourth-order valence-corrected chi connectivity index (χ4v) is 4.96. The van der Waals surface area contributed by atoms with E-state index in [0.717, 1.165) is 12.0 Å². The smallest absolute Gasteiger partial charge is 0.269 e. The first-order valence-corrected chi connectivity index (χ1v) is 11.0. The Morgan fingerprint density at radius 3 is 2.31 bits per heavy atom. The van der Waals surface area contributed by atoms with Crippen molar-refractivity contribution in [1.29, 1.82) is 0 Å². The molecule has 1 aliphatic heterocycles. The van der Waals surface area contributed by atoms with Crippen molar-refractivity contribution in [2.24, 2.45) is 0 Å². The van der Waals surface area contributed by atoms with Gasteiger partial charge in [0.15, 0.2) is 0 Å². The van der Waals surface area contributed by atoms with E-state index in [-0.39, 0.29) is 11.4 Å². The monoisotopic (exact) mass is 435 g/mol. The third kappa shape index (κ3) is 4.95. The van der Waals surface area contributed by atoms with E-state index in [9.17, 15) is 18.0 Å². The van der Waals surface area contributed by atoms with Gasteiger partial charge in [0.25, 0.3) is 11.8 Å². The average molecular weight is 436 g/mol. The van der Waals surface area contributed by atoms with Crippen LogP contribution in [0.2, 0.25) is 5.02 Å². The molecule has 0 spiro atoms. The van der Waals surface area contributed by atoms with E-state index in [1.807, 2.05) is 6.92 Å². The average Bonchev–Trinajstić information content (AvgIpc) is 2.72. The Morgan fingerprint density at radius 2 is 1.66 bits per heavy atom. The van der Waals surface area contributed by atoms with E-state index in [0.29, 0.717) is 23.4 Å². The molecule has 0 bridgehead atoms.